The minimum absolute atomic E-state index is 0.0696. The predicted octanol–water partition coefficient (Wildman–Crippen LogP) is 2.35. The van der Waals surface area contributed by atoms with Gasteiger partial charge in [-0.2, -0.15) is 0 Å². The Morgan fingerprint density at radius 3 is 2.58 bits per heavy atom. The SMILES string of the molecule is CCOC(=O)N1CCC(NC(=O)Nc2ccc(F)cc2C(=O)OC)CC1. The maximum absolute atomic E-state index is 13.3. The van der Waals surface area contributed by atoms with Gasteiger partial charge in [0.2, 0.25) is 0 Å². The number of nitrogens with zero attached hydrogens (tertiary/aromatic N) is 1. The molecule has 1 aromatic rings. The number of benzene rings is 1. The average Bonchev–Trinajstić information content (AvgIpc) is 2.63. The normalized spacial score (nSPS) is 14.5. The number of halogens is 1. The molecule has 1 aliphatic rings. The second-order valence-electron chi connectivity index (χ2n) is 5.74. The van der Waals surface area contributed by atoms with Crippen LogP contribution in [0.5, 0.6) is 0 Å². The fourth-order valence-corrected chi connectivity index (χ4v) is 2.67. The highest BCUT2D eigenvalue weighted by Crippen LogP contribution is 2.18. The number of ether oxygens (including phenoxy) is 2. The van der Waals surface area contributed by atoms with Crippen LogP contribution in [-0.2, 0) is 9.47 Å². The molecule has 1 heterocycles. The van der Waals surface area contributed by atoms with Crippen molar-refractivity contribution in [1.29, 1.82) is 0 Å². The highest BCUT2D eigenvalue weighted by atomic mass is 19.1. The van der Waals surface area contributed by atoms with Crippen LogP contribution in [0, 0.1) is 5.82 Å². The number of likely N-dealkylation sites (tertiary alicyclic amines) is 1. The summed E-state index contributed by atoms with van der Waals surface area (Å²) in [6.45, 7) is 3.02. The van der Waals surface area contributed by atoms with Gasteiger partial charge in [0.15, 0.2) is 0 Å². The van der Waals surface area contributed by atoms with Crippen LogP contribution < -0.4 is 10.6 Å². The molecule has 0 bridgehead atoms. The van der Waals surface area contributed by atoms with Crippen LogP contribution in [0.15, 0.2) is 18.2 Å². The van der Waals surface area contributed by atoms with E-state index in [1.807, 2.05) is 0 Å². The number of carbonyl (C=O) groups excluding carboxylic acids is 3. The lowest BCUT2D eigenvalue weighted by Gasteiger charge is -2.31. The number of hydrogen-bond acceptors (Lipinski definition) is 5. The van der Waals surface area contributed by atoms with E-state index in [0.29, 0.717) is 32.5 Å². The van der Waals surface area contributed by atoms with Crippen molar-refractivity contribution >= 4 is 23.8 Å². The molecule has 1 saturated heterocycles. The molecule has 8 nitrogen and oxygen atoms in total. The van der Waals surface area contributed by atoms with Crippen LogP contribution in [0.3, 0.4) is 0 Å². The highest BCUT2D eigenvalue weighted by Gasteiger charge is 2.25. The predicted molar refractivity (Wildman–Crippen MR) is 91.5 cm³/mol. The lowest BCUT2D eigenvalue weighted by atomic mass is 10.1. The first-order valence-corrected chi connectivity index (χ1v) is 8.31. The van der Waals surface area contributed by atoms with Gasteiger partial charge in [0.1, 0.15) is 5.82 Å². The molecule has 0 atom stereocenters. The van der Waals surface area contributed by atoms with E-state index < -0.39 is 17.8 Å². The Morgan fingerprint density at radius 2 is 1.96 bits per heavy atom. The molecule has 0 radical (unpaired) electrons. The third kappa shape index (κ3) is 5.08. The average molecular weight is 367 g/mol. The van der Waals surface area contributed by atoms with Crippen LogP contribution >= 0.6 is 0 Å². The van der Waals surface area contributed by atoms with Crippen molar-refractivity contribution in [2.45, 2.75) is 25.8 Å². The van der Waals surface area contributed by atoms with E-state index in [0.717, 1.165) is 12.1 Å². The fraction of sp³-hybridized carbons (Fsp3) is 0.471. The van der Waals surface area contributed by atoms with Crippen molar-refractivity contribution in [2.24, 2.45) is 0 Å². The smallest absolute Gasteiger partial charge is 0.409 e. The van der Waals surface area contributed by atoms with Gasteiger partial charge in [-0.3, -0.25) is 0 Å². The summed E-state index contributed by atoms with van der Waals surface area (Å²) < 4.78 is 22.9. The first kappa shape index (κ1) is 19.5. The van der Waals surface area contributed by atoms with E-state index in [1.54, 1.807) is 11.8 Å². The third-order valence-electron chi connectivity index (χ3n) is 3.99. The number of anilines is 1. The Balaban J connectivity index is 1.90. The number of esters is 1. The van der Waals surface area contributed by atoms with E-state index >= 15 is 0 Å². The van der Waals surface area contributed by atoms with Crippen LogP contribution in [0.2, 0.25) is 0 Å². The summed E-state index contributed by atoms with van der Waals surface area (Å²) in [6, 6.07) is 2.79. The summed E-state index contributed by atoms with van der Waals surface area (Å²) >= 11 is 0. The number of rotatable bonds is 4. The molecule has 0 aromatic heterocycles. The molecule has 2 N–H and O–H groups in total. The summed E-state index contributed by atoms with van der Waals surface area (Å²) in [4.78, 5) is 37.1. The number of methoxy groups -OCH3 is 1. The maximum Gasteiger partial charge on any atom is 0.409 e. The molecule has 0 unspecified atom stereocenters. The molecule has 0 aliphatic carbocycles. The molecule has 9 heteroatoms. The second-order valence-corrected chi connectivity index (χ2v) is 5.74. The number of amides is 3. The summed E-state index contributed by atoms with van der Waals surface area (Å²) in [6.07, 6.45) is 0.809. The number of nitrogens with one attached hydrogen (secondary N) is 2. The molecular weight excluding hydrogens is 345 g/mol. The number of piperidine rings is 1. The van der Waals surface area contributed by atoms with Gasteiger partial charge in [0.05, 0.1) is 25.0 Å². The number of urea groups is 1. The van der Waals surface area contributed by atoms with Gasteiger partial charge in [0, 0.05) is 19.1 Å². The van der Waals surface area contributed by atoms with Crippen molar-refractivity contribution in [2.75, 3.05) is 32.1 Å². The number of hydrogen-bond donors (Lipinski definition) is 2. The van der Waals surface area contributed by atoms with Crippen LogP contribution in [0.25, 0.3) is 0 Å². The molecule has 1 fully saturated rings. The van der Waals surface area contributed by atoms with Gasteiger partial charge < -0.3 is 25.0 Å². The minimum Gasteiger partial charge on any atom is -0.465 e. The Morgan fingerprint density at radius 1 is 1.27 bits per heavy atom. The molecule has 26 heavy (non-hydrogen) atoms. The van der Waals surface area contributed by atoms with Gasteiger partial charge in [-0.05, 0) is 38.0 Å². The molecule has 3 amide bonds. The zero-order valence-electron chi connectivity index (χ0n) is 14.7. The van der Waals surface area contributed by atoms with E-state index in [2.05, 4.69) is 15.4 Å². The Bertz CT molecular complexity index is 674. The maximum atomic E-state index is 13.3. The van der Waals surface area contributed by atoms with Crippen molar-refractivity contribution in [1.82, 2.24) is 10.2 Å². The highest BCUT2D eigenvalue weighted by molar-refractivity contribution is 6.00. The number of carbonyl (C=O) groups is 3. The molecule has 0 spiro atoms. The molecule has 0 saturated carbocycles. The lowest BCUT2D eigenvalue weighted by molar-refractivity contribution is 0.0601. The van der Waals surface area contributed by atoms with Crippen molar-refractivity contribution in [3.05, 3.63) is 29.6 Å². The van der Waals surface area contributed by atoms with E-state index in [9.17, 15) is 18.8 Å². The van der Waals surface area contributed by atoms with Gasteiger partial charge >= 0.3 is 18.1 Å². The Hall–Kier alpha value is -2.84. The van der Waals surface area contributed by atoms with Crippen LogP contribution in [-0.4, -0.2) is 55.8 Å². The zero-order valence-corrected chi connectivity index (χ0v) is 14.7. The van der Waals surface area contributed by atoms with E-state index in [4.69, 9.17) is 4.74 Å². The van der Waals surface area contributed by atoms with Gasteiger partial charge in [-0.1, -0.05) is 0 Å². The van der Waals surface area contributed by atoms with Crippen molar-refractivity contribution < 1.29 is 28.2 Å². The first-order chi connectivity index (χ1) is 12.4. The monoisotopic (exact) mass is 367 g/mol. The van der Waals surface area contributed by atoms with E-state index in [-0.39, 0.29) is 23.4 Å². The quantitative estimate of drug-likeness (QED) is 0.797. The standard InChI is InChI=1S/C17H22FN3O5/c1-3-26-17(24)21-8-6-12(7-9-21)19-16(23)20-14-5-4-11(18)10-13(14)15(22)25-2/h4-5,10,12H,3,6-9H2,1-2H3,(H2,19,20,23). The summed E-state index contributed by atoms with van der Waals surface area (Å²) in [5.74, 6) is -1.36. The third-order valence-corrected chi connectivity index (χ3v) is 3.99. The summed E-state index contributed by atoms with van der Waals surface area (Å²) in [7, 11) is 1.18. The van der Waals surface area contributed by atoms with Crippen molar-refractivity contribution in [3.63, 3.8) is 0 Å². The lowest BCUT2D eigenvalue weighted by Crippen LogP contribution is -2.47. The van der Waals surface area contributed by atoms with E-state index in [1.165, 1.54) is 13.2 Å². The van der Waals surface area contributed by atoms with Gasteiger partial charge in [-0.25, -0.2) is 18.8 Å². The van der Waals surface area contributed by atoms with Crippen molar-refractivity contribution in [3.8, 4) is 0 Å². The molecule has 2 rings (SSSR count). The summed E-state index contributed by atoms with van der Waals surface area (Å²) in [5.41, 5.74) is 0.0829. The topological polar surface area (TPSA) is 97.0 Å². The molecular formula is C17H22FN3O5. The second kappa shape index (κ2) is 9.02. The minimum atomic E-state index is -0.748. The molecule has 1 aromatic carbocycles. The molecule has 142 valence electrons. The summed E-state index contributed by atoms with van der Waals surface area (Å²) in [5, 5.41) is 5.31. The van der Waals surface area contributed by atoms with Crippen LogP contribution in [0.1, 0.15) is 30.1 Å². The fourth-order valence-electron chi connectivity index (χ4n) is 2.67. The van der Waals surface area contributed by atoms with Crippen LogP contribution in [0.4, 0.5) is 19.7 Å². The first-order valence-electron chi connectivity index (χ1n) is 8.31. The largest absolute Gasteiger partial charge is 0.465 e. The van der Waals surface area contributed by atoms with Gasteiger partial charge in [-0.15, -0.1) is 0 Å². The molecule has 1 aliphatic heterocycles. The Kier molecular flexibility index (Phi) is 6.76. The zero-order chi connectivity index (χ0) is 19.1. The van der Waals surface area contributed by atoms with Gasteiger partial charge in [0.25, 0.3) is 0 Å². The Labute approximate surface area is 150 Å².